The van der Waals surface area contributed by atoms with Crippen molar-refractivity contribution in [3.63, 3.8) is 0 Å². The van der Waals surface area contributed by atoms with Crippen LogP contribution in [0.3, 0.4) is 0 Å². The second kappa shape index (κ2) is 5.48. The summed E-state index contributed by atoms with van der Waals surface area (Å²) in [4.78, 5) is 11.3. The molecule has 0 radical (unpaired) electrons. The number of hydrogen-bond acceptors (Lipinski definition) is 3. The number of nitrogens with one attached hydrogen (secondary N) is 1. The Kier molecular flexibility index (Phi) is 4.27. The van der Waals surface area contributed by atoms with Crippen LogP contribution < -0.4 is 11.1 Å². The zero-order valence-corrected chi connectivity index (χ0v) is 8.68. The summed E-state index contributed by atoms with van der Waals surface area (Å²) in [6.45, 7) is 2.00. The van der Waals surface area contributed by atoms with Gasteiger partial charge in [0.05, 0.1) is 0 Å². The number of aliphatic hydroxyl groups is 1. The highest BCUT2D eigenvalue weighted by molar-refractivity contribution is 5.81. The molecule has 0 spiro atoms. The van der Waals surface area contributed by atoms with E-state index >= 15 is 0 Å². The molecule has 0 bridgehead atoms. The maximum Gasteiger partial charge on any atom is 0.250 e. The first-order valence-corrected chi connectivity index (χ1v) is 4.86. The van der Waals surface area contributed by atoms with E-state index < -0.39 is 18.1 Å². The van der Waals surface area contributed by atoms with Gasteiger partial charge in [-0.05, 0) is 12.5 Å². The Morgan fingerprint density at radius 2 is 2.07 bits per heavy atom. The first-order valence-electron chi connectivity index (χ1n) is 4.86. The molecular weight excluding hydrogens is 192 g/mol. The molecule has 82 valence electrons. The fraction of sp³-hybridized carbons (Fsp3) is 0.364. The van der Waals surface area contributed by atoms with Gasteiger partial charge < -0.3 is 16.2 Å². The first-order chi connectivity index (χ1) is 7.11. The monoisotopic (exact) mass is 208 g/mol. The van der Waals surface area contributed by atoms with E-state index in [0.717, 1.165) is 5.56 Å². The lowest BCUT2D eigenvalue weighted by molar-refractivity contribution is -0.130. The van der Waals surface area contributed by atoms with Gasteiger partial charge in [-0.25, -0.2) is 0 Å². The fourth-order valence-electron chi connectivity index (χ4n) is 1.13. The van der Waals surface area contributed by atoms with Crippen molar-refractivity contribution < 1.29 is 9.90 Å². The molecule has 0 saturated carbocycles. The molecule has 4 nitrogen and oxygen atoms in total. The Hall–Kier alpha value is -1.39. The van der Waals surface area contributed by atoms with Crippen molar-refractivity contribution in [3.05, 3.63) is 35.9 Å². The van der Waals surface area contributed by atoms with E-state index in [-0.39, 0.29) is 0 Å². The topological polar surface area (TPSA) is 75.3 Å². The van der Waals surface area contributed by atoms with Gasteiger partial charge in [-0.3, -0.25) is 4.79 Å². The maximum atomic E-state index is 11.3. The van der Waals surface area contributed by atoms with Gasteiger partial charge in [-0.15, -0.1) is 0 Å². The Labute approximate surface area is 89.1 Å². The molecule has 1 aromatic carbocycles. The maximum absolute atomic E-state index is 11.3. The third kappa shape index (κ3) is 3.69. The van der Waals surface area contributed by atoms with E-state index in [1.807, 2.05) is 30.3 Å². The van der Waals surface area contributed by atoms with Crippen molar-refractivity contribution in [1.29, 1.82) is 0 Å². The Morgan fingerprint density at radius 1 is 1.47 bits per heavy atom. The largest absolute Gasteiger partial charge is 0.382 e. The molecule has 1 rings (SSSR count). The molecule has 0 aliphatic rings. The van der Waals surface area contributed by atoms with Crippen LogP contribution in [-0.4, -0.2) is 23.2 Å². The summed E-state index contributed by atoms with van der Waals surface area (Å²) in [5.74, 6) is -0.436. The van der Waals surface area contributed by atoms with Crippen molar-refractivity contribution in [1.82, 2.24) is 5.32 Å². The minimum atomic E-state index is -1.14. The number of nitrogens with two attached hydrogens (primary N) is 1. The van der Waals surface area contributed by atoms with Gasteiger partial charge in [0.2, 0.25) is 0 Å². The lowest BCUT2D eigenvalue weighted by Gasteiger charge is -2.14. The molecule has 0 unspecified atom stereocenters. The van der Waals surface area contributed by atoms with Crippen LogP contribution in [0.25, 0.3) is 0 Å². The van der Waals surface area contributed by atoms with Crippen molar-refractivity contribution in [2.75, 3.05) is 0 Å². The molecule has 0 aromatic heterocycles. The predicted octanol–water partition coefficient (Wildman–Crippen LogP) is 0.0109. The summed E-state index contributed by atoms with van der Waals surface area (Å²) in [6.07, 6.45) is -1.14. The summed E-state index contributed by atoms with van der Waals surface area (Å²) < 4.78 is 0. The summed E-state index contributed by atoms with van der Waals surface area (Å²) in [5, 5.41) is 11.9. The number of hydrogen-bond donors (Lipinski definition) is 3. The number of amides is 1. The van der Waals surface area contributed by atoms with E-state index in [1.54, 1.807) is 6.92 Å². The third-order valence-corrected chi connectivity index (χ3v) is 2.08. The van der Waals surface area contributed by atoms with Crippen LogP contribution in [0.4, 0.5) is 0 Å². The van der Waals surface area contributed by atoms with Crippen molar-refractivity contribution in [3.8, 4) is 0 Å². The number of aliphatic hydroxyl groups excluding tert-OH is 1. The van der Waals surface area contributed by atoms with Crippen molar-refractivity contribution in [2.45, 2.75) is 25.6 Å². The quantitative estimate of drug-likeness (QED) is 0.652. The zero-order valence-electron chi connectivity index (χ0n) is 8.68. The highest BCUT2D eigenvalue weighted by Gasteiger charge is 2.18. The van der Waals surface area contributed by atoms with E-state index in [4.69, 9.17) is 5.73 Å². The van der Waals surface area contributed by atoms with E-state index in [0.29, 0.717) is 6.54 Å². The number of carbonyl (C=O) groups is 1. The molecule has 0 heterocycles. The second-order valence-electron chi connectivity index (χ2n) is 3.51. The number of rotatable bonds is 4. The molecule has 4 N–H and O–H groups in total. The highest BCUT2D eigenvalue weighted by Crippen LogP contribution is 1.98. The predicted molar refractivity (Wildman–Crippen MR) is 57.9 cm³/mol. The van der Waals surface area contributed by atoms with Gasteiger partial charge in [-0.2, -0.15) is 0 Å². The zero-order chi connectivity index (χ0) is 11.3. The Bertz CT molecular complexity index is 312. The van der Waals surface area contributed by atoms with Crippen molar-refractivity contribution in [2.24, 2.45) is 5.73 Å². The van der Waals surface area contributed by atoms with Gasteiger partial charge in [0.15, 0.2) is 0 Å². The molecule has 15 heavy (non-hydrogen) atoms. The first kappa shape index (κ1) is 11.7. The molecule has 1 amide bonds. The highest BCUT2D eigenvalue weighted by atomic mass is 16.3. The molecular formula is C11H16N2O2. The molecule has 0 aliphatic carbocycles. The van der Waals surface area contributed by atoms with Gasteiger partial charge in [0.25, 0.3) is 5.91 Å². The van der Waals surface area contributed by atoms with E-state index in [2.05, 4.69) is 5.32 Å². The normalized spacial score (nSPS) is 14.3. The Balaban J connectivity index is 2.41. The van der Waals surface area contributed by atoms with Gasteiger partial charge in [0, 0.05) is 12.6 Å². The third-order valence-electron chi connectivity index (χ3n) is 2.08. The van der Waals surface area contributed by atoms with Crippen LogP contribution in [0.1, 0.15) is 12.5 Å². The lowest BCUT2D eigenvalue weighted by atomic mass is 10.2. The summed E-state index contributed by atoms with van der Waals surface area (Å²) >= 11 is 0. The Morgan fingerprint density at radius 3 is 2.60 bits per heavy atom. The van der Waals surface area contributed by atoms with Gasteiger partial charge in [0.1, 0.15) is 6.10 Å². The van der Waals surface area contributed by atoms with Crippen LogP contribution in [-0.2, 0) is 11.3 Å². The van der Waals surface area contributed by atoms with Crippen LogP contribution in [0.2, 0.25) is 0 Å². The van der Waals surface area contributed by atoms with E-state index in [1.165, 1.54) is 0 Å². The summed E-state index contributed by atoms with van der Waals surface area (Å²) in [5.41, 5.74) is 6.38. The fourth-order valence-corrected chi connectivity index (χ4v) is 1.13. The molecule has 0 fully saturated rings. The summed E-state index contributed by atoms with van der Waals surface area (Å²) in [7, 11) is 0. The SMILES string of the molecule is C[C@H](N)[C@H](O)C(=O)NCc1ccccc1. The number of carbonyl (C=O) groups excluding carboxylic acids is 1. The molecule has 4 heteroatoms. The van der Waals surface area contributed by atoms with Crippen LogP contribution in [0.15, 0.2) is 30.3 Å². The minimum Gasteiger partial charge on any atom is -0.382 e. The smallest absolute Gasteiger partial charge is 0.250 e. The molecule has 0 aliphatic heterocycles. The molecule has 2 atom stereocenters. The van der Waals surface area contributed by atoms with Crippen LogP contribution >= 0.6 is 0 Å². The van der Waals surface area contributed by atoms with Crippen LogP contribution in [0.5, 0.6) is 0 Å². The summed E-state index contributed by atoms with van der Waals surface area (Å²) in [6, 6.07) is 8.94. The van der Waals surface area contributed by atoms with Gasteiger partial charge >= 0.3 is 0 Å². The molecule has 0 saturated heterocycles. The molecule has 1 aromatic rings. The van der Waals surface area contributed by atoms with Crippen molar-refractivity contribution >= 4 is 5.91 Å². The average molecular weight is 208 g/mol. The van der Waals surface area contributed by atoms with Gasteiger partial charge in [-0.1, -0.05) is 30.3 Å². The second-order valence-corrected chi connectivity index (χ2v) is 3.51. The lowest BCUT2D eigenvalue weighted by Crippen LogP contribution is -2.44. The minimum absolute atomic E-state index is 0.406. The van der Waals surface area contributed by atoms with E-state index in [9.17, 15) is 9.90 Å². The standard InChI is InChI=1S/C11H16N2O2/c1-8(12)10(14)11(15)13-7-9-5-3-2-4-6-9/h2-6,8,10,14H,7,12H2,1H3,(H,13,15)/t8-,10-/m0/s1. The number of benzene rings is 1. The van der Waals surface area contributed by atoms with Crippen LogP contribution in [0, 0.1) is 0 Å². The average Bonchev–Trinajstić information content (AvgIpc) is 2.26.